The smallest absolute Gasteiger partial charge is 0.409 e. The molecule has 0 atom stereocenters. The van der Waals surface area contributed by atoms with Crippen LogP contribution >= 0.6 is 0 Å². The predicted octanol–water partition coefficient (Wildman–Crippen LogP) is 2.02. The van der Waals surface area contributed by atoms with Crippen LogP contribution in [-0.2, 0) is 4.74 Å². The maximum Gasteiger partial charge on any atom is 0.409 e. The largest absolute Gasteiger partial charge is 0.495 e. The fourth-order valence-corrected chi connectivity index (χ4v) is 2.85. The van der Waals surface area contributed by atoms with Crippen molar-refractivity contribution in [3.8, 4) is 5.75 Å². The number of benzene rings is 1. The van der Waals surface area contributed by atoms with E-state index in [1.54, 1.807) is 31.1 Å². The van der Waals surface area contributed by atoms with Crippen molar-refractivity contribution in [3.05, 3.63) is 42.2 Å². The predicted molar refractivity (Wildman–Crippen MR) is 104 cm³/mol. The number of hydrogen-bond donors (Lipinski definition) is 1. The fourth-order valence-electron chi connectivity index (χ4n) is 2.85. The SMILES string of the molecule is CCOC(=O)N1CCN(c2ncc(C(=O)Nc3ccccc3OC)cn2)CC1. The summed E-state index contributed by atoms with van der Waals surface area (Å²) in [7, 11) is 1.55. The Morgan fingerprint density at radius 2 is 1.79 bits per heavy atom. The molecule has 1 aromatic heterocycles. The van der Waals surface area contributed by atoms with Gasteiger partial charge in [-0.05, 0) is 19.1 Å². The molecule has 2 amide bonds. The van der Waals surface area contributed by atoms with Crippen LogP contribution in [-0.4, -0.2) is 66.8 Å². The Kier molecular flexibility index (Phi) is 6.25. The summed E-state index contributed by atoms with van der Waals surface area (Å²) in [4.78, 5) is 36.4. The van der Waals surface area contributed by atoms with Crippen molar-refractivity contribution in [3.63, 3.8) is 0 Å². The Balaban J connectivity index is 1.59. The Bertz CT molecular complexity index is 819. The number of carbonyl (C=O) groups is 2. The number of nitrogens with one attached hydrogen (secondary N) is 1. The lowest BCUT2D eigenvalue weighted by Gasteiger charge is -2.33. The maximum absolute atomic E-state index is 12.4. The molecule has 1 N–H and O–H groups in total. The Labute approximate surface area is 163 Å². The monoisotopic (exact) mass is 385 g/mol. The van der Waals surface area contributed by atoms with Crippen molar-refractivity contribution in [2.75, 3.05) is 50.1 Å². The van der Waals surface area contributed by atoms with E-state index in [1.807, 2.05) is 17.0 Å². The van der Waals surface area contributed by atoms with Crippen LogP contribution in [0.4, 0.5) is 16.4 Å². The van der Waals surface area contributed by atoms with Gasteiger partial charge in [0.25, 0.3) is 5.91 Å². The van der Waals surface area contributed by atoms with Gasteiger partial charge in [0, 0.05) is 38.6 Å². The zero-order chi connectivity index (χ0) is 19.9. The number of ether oxygens (including phenoxy) is 2. The molecule has 1 aliphatic heterocycles. The highest BCUT2D eigenvalue weighted by Gasteiger charge is 2.23. The number of hydrogen-bond acceptors (Lipinski definition) is 7. The molecule has 9 heteroatoms. The van der Waals surface area contributed by atoms with E-state index in [0.29, 0.717) is 55.7 Å². The molecule has 1 saturated heterocycles. The Morgan fingerprint density at radius 3 is 2.43 bits per heavy atom. The van der Waals surface area contributed by atoms with Crippen LogP contribution in [0.1, 0.15) is 17.3 Å². The first-order valence-corrected chi connectivity index (χ1v) is 9.05. The van der Waals surface area contributed by atoms with Crippen molar-refractivity contribution >= 4 is 23.6 Å². The highest BCUT2D eigenvalue weighted by Crippen LogP contribution is 2.23. The minimum Gasteiger partial charge on any atom is -0.495 e. The molecule has 9 nitrogen and oxygen atoms in total. The number of rotatable bonds is 5. The highest BCUT2D eigenvalue weighted by molar-refractivity contribution is 6.04. The number of nitrogens with zero attached hydrogens (tertiary/aromatic N) is 4. The number of para-hydroxylation sites is 2. The standard InChI is InChI=1S/C19H23N5O4/c1-3-28-19(26)24-10-8-23(9-11-24)18-20-12-14(13-21-18)17(25)22-15-6-4-5-7-16(15)27-2/h4-7,12-13H,3,8-11H2,1-2H3,(H,22,25). The molecule has 1 fully saturated rings. The lowest BCUT2D eigenvalue weighted by molar-refractivity contribution is 0.102. The molecule has 2 heterocycles. The molecule has 0 saturated carbocycles. The van der Waals surface area contributed by atoms with Crippen LogP contribution < -0.4 is 15.0 Å². The molecule has 2 aromatic rings. The average Bonchev–Trinajstić information content (AvgIpc) is 2.74. The summed E-state index contributed by atoms with van der Waals surface area (Å²) in [5, 5.41) is 2.79. The van der Waals surface area contributed by atoms with E-state index in [1.165, 1.54) is 12.4 Å². The van der Waals surface area contributed by atoms with Gasteiger partial charge in [-0.15, -0.1) is 0 Å². The van der Waals surface area contributed by atoms with Gasteiger partial charge >= 0.3 is 6.09 Å². The number of methoxy groups -OCH3 is 1. The Morgan fingerprint density at radius 1 is 1.11 bits per heavy atom. The molecule has 0 unspecified atom stereocenters. The van der Waals surface area contributed by atoms with E-state index in [-0.39, 0.29) is 12.0 Å². The van der Waals surface area contributed by atoms with Gasteiger partial charge in [0.15, 0.2) is 0 Å². The molecular weight excluding hydrogens is 362 g/mol. The molecule has 28 heavy (non-hydrogen) atoms. The molecule has 0 spiro atoms. The van der Waals surface area contributed by atoms with Crippen molar-refractivity contribution in [2.24, 2.45) is 0 Å². The number of aromatic nitrogens is 2. The van der Waals surface area contributed by atoms with Gasteiger partial charge < -0.3 is 24.6 Å². The third-order valence-corrected chi connectivity index (χ3v) is 4.34. The quantitative estimate of drug-likeness (QED) is 0.841. The molecule has 0 radical (unpaired) electrons. The van der Waals surface area contributed by atoms with Crippen molar-refractivity contribution in [1.82, 2.24) is 14.9 Å². The van der Waals surface area contributed by atoms with Crippen LogP contribution in [0.2, 0.25) is 0 Å². The number of piperazine rings is 1. The van der Waals surface area contributed by atoms with Crippen molar-refractivity contribution in [1.29, 1.82) is 0 Å². The van der Waals surface area contributed by atoms with E-state index in [2.05, 4.69) is 15.3 Å². The molecule has 0 aliphatic carbocycles. The molecule has 1 aromatic carbocycles. The summed E-state index contributed by atoms with van der Waals surface area (Å²) in [6.07, 6.45) is 2.68. The molecule has 3 rings (SSSR count). The fraction of sp³-hybridized carbons (Fsp3) is 0.368. The first kappa shape index (κ1) is 19.4. The lowest BCUT2D eigenvalue weighted by atomic mass is 10.2. The third-order valence-electron chi connectivity index (χ3n) is 4.34. The summed E-state index contributed by atoms with van der Waals surface area (Å²) < 4.78 is 10.2. The number of amides is 2. The van der Waals surface area contributed by atoms with Crippen LogP contribution in [0.5, 0.6) is 5.75 Å². The second kappa shape index (κ2) is 9.03. The first-order valence-electron chi connectivity index (χ1n) is 9.05. The average molecular weight is 385 g/mol. The number of carbonyl (C=O) groups excluding carboxylic acids is 2. The second-order valence-corrected chi connectivity index (χ2v) is 6.10. The van der Waals surface area contributed by atoms with Gasteiger partial charge in [-0.2, -0.15) is 0 Å². The molecular formula is C19H23N5O4. The third kappa shape index (κ3) is 4.48. The maximum atomic E-state index is 12.4. The lowest BCUT2D eigenvalue weighted by Crippen LogP contribution is -2.49. The van der Waals surface area contributed by atoms with E-state index in [9.17, 15) is 9.59 Å². The second-order valence-electron chi connectivity index (χ2n) is 6.10. The molecule has 0 bridgehead atoms. The van der Waals surface area contributed by atoms with Gasteiger partial charge in [-0.25, -0.2) is 14.8 Å². The first-order chi connectivity index (χ1) is 13.6. The zero-order valence-corrected chi connectivity index (χ0v) is 15.9. The zero-order valence-electron chi connectivity index (χ0n) is 15.9. The van der Waals surface area contributed by atoms with Crippen LogP contribution in [0.25, 0.3) is 0 Å². The number of anilines is 2. The van der Waals surface area contributed by atoms with Crippen molar-refractivity contribution < 1.29 is 19.1 Å². The van der Waals surface area contributed by atoms with Gasteiger partial charge in [-0.1, -0.05) is 12.1 Å². The summed E-state index contributed by atoms with van der Waals surface area (Å²) >= 11 is 0. The van der Waals surface area contributed by atoms with Crippen LogP contribution in [0.15, 0.2) is 36.7 Å². The summed E-state index contributed by atoms with van der Waals surface area (Å²) in [5.41, 5.74) is 0.925. The van der Waals surface area contributed by atoms with Gasteiger partial charge in [0.05, 0.1) is 25.0 Å². The van der Waals surface area contributed by atoms with Crippen LogP contribution in [0.3, 0.4) is 0 Å². The van der Waals surface area contributed by atoms with E-state index in [4.69, 9.17) is 9.47 Å². The van der Waals surface area contributed by atoms with Gasteiger partial charge in [0.2, 0.25) is 5.95 Å². The normalized spacial score (nSPS) is 13.8. The summed E-state index contributed by atoms with van der Waals surface area (Å²) in [6.45, 7) is 4.43. The molecule has 1 aliphatic rings. The summed E-state index contributed by atoms with van der Waals surface area (Å²) in [6, 6.07) is 7.17. The minimum absolute atomic E-state index is 0.300. The molecule has 148 valence electrons. The van der Waals surface area contributed by atoms with Gasteiger partial charge in [-0.3, -0.25) is 4.79 Å². The van der Waals surface area contributed by atoms with E-state index >= 15 is 0 Å². The summed E-state index contributed by atoms with van der Waals surface area (Å²) in [5.74, 6) is 0.786. The van der Waals surface area contributed by atoms with Gasteiger partial charge in [0.1, 0.15) is 5.75 Å². The minimum atomic E-state index is -0.316. The van der Waals surface area contributed by atoms with Crippen LogP contribution in [0, 0.1) is 0 Å². The topological polar surface area (TPSA) is 96.9 Å². The van der Waals surface area contributed by atoms with E-state index < -0.39 is 0 Å². The van der Waals surface area contributed by atoms with Crippen molar-refractivity contribution in [2.45, 2.75) is 6.92 Å². The van der Waals surface area contributed by atoms with E-state index in [0.717, 1.165) is 0 Å². The highest BCUT2D eigenvalue weighted by atomic mass is 16.6. The Hall–Kier alpha value is -3.36.